The number of anilines is 1. The highest BCUT2D eigenvalue weighted by molar-refractivity contribution is 9.10. The van der Waals surface area contributed by atoms with E-state index in [1.807, 2.05) is 6.07 Å². The molecule has 1 atom stereocenters. The summed E-state index contributed by atoms with van der Waals surface area (Å²) >= 11 is 8.60. The molecular formula is C14H18BrN3S. The molecule has 2 aliphatic heterocycles. The Balaban J connectivity index is 1.79. The Morgan fingerprint density at radius 1 is 1.32 bits per heavy atom. The second-order valence-electron chi connectivity index (χ2n) is 5.31. The molecule has 0 radical (unpaired) electrons. The van der Waals surface area contributed by atoms with Gasteiger partial charge in [-0.3, -0.25) is 4.90 Å². The molecule has 0 amide bonds. The van der Waals surface area contributed by atoms with Crippen LogP contribution >= 0.6 is 28.1 Å². The van der Waals surface area contributed by atoms with Crippen molar-refractivity contribution in [3.63, 3.8) is 0 Å². The summed E-state index contributed by atoms with van der Waals surface area (Å²) in [6, 6.07) is 7.02. The molecule has 0 aromatic heterocycles. The fourth-order valence-corrected chi connectivity index (χ4v) is 4.02. The second kappa shape index (κ2) is 5.38. The zero-order valence-corrected chi connectivity index (χ0v) is 13.2. The minimum atomic E-state index is 0.444. The number of benzene rings is 1. The first-order valence-electron chi connectivity index (χ1n) is 6.73. The van der Waals surface area contributed by atoms with E-state index in [0.29, 0.717) is 4.99 Å². The van der Waals surface area contributed by atoms with Crippen LogP contribution in [0.25, 0.3) is 0 Å². The summed E-state index contributed by atoms with van der Waals surface area (Å²) in [5.74, 6) is 0. The molecule has 1 aromatic carbocycles. The molecule has 2 fully saturated rings. The van der Waals surface area contributed by atoms with Crippen molar-refractivity contribution in [1.82, 2.24) is 4.90 Å². The summed E-state index contributed by atoms with van der Waals surface area (Å²) in [5.41, 5.74) is 7.87. The molecule has 102 valence electrons. The zero-order chi connectivity index (χ0) is 13.4. The Kier molecular flexibility index (Phi) is 3.78. The van der Waals surface area contributed by atoms with E-state index in [1.165, 1.54) is 31.6 Å². The number of nitrogens with two attached hydrogens (primary N) is 1. The van der Waals surface area contributed by atoms with Crippen molar-refractivity contribution in [3.05, 3.63) is 28.2 Å². The van der Waals surface area contributed by atoms with Crippen LogP contribution in [0, 0.1) is 0 Å². The minimum Gasteiger partial charge on any atom is -0.389 e. The van der Waals surface area contributed by atoms with E-state index in [-0.39, 0.29) is 0 Å². The van der Waals surface area contributed by atoms with Gasteiger partial charge in [0, 0.05) is 41.4 Å². The molecule has 2 aliphatic rings. The van der Waals surface area contributed by atoms with Gasteiger partial charge >= 0.3 is 0 Å². The third kappa shape index (κ3) is 2.64. The van der Waals surface area contributed by atoms with Crippen LogP contribution in [0.2, 0.25) is 0 Å². The number of hydrogen-bond donors (Lipinski definition) is 1. The molecule has 3 rings (SSSR count). The molecule has 5 heteroatoms. The van der Waals surface area contributed by atoms with Crippen molar-refractivity contribution in [2.75, 3.05) is 31.1 Å². The van der Waals surface area contributed by atoms with Crippen LogP contribution in [0.15, 0.2) is 22.7 Å². The number of fused-ring (bicyclic) bond motifs is 1. The van der Waals surface area contributed by atoms with Gasteiger partial charge < -0.3 is 10.6 Å². The molecule has 2 heterocycles. The normalized spacial score (nSPS) is 23.4. The van der Waals surface area contributed by atoms with Crippen molar-refractivity contribution in [2.45, 2.75) is 18.9 Å². The minimum absolute atomic E-state index is 0.444. The number of nitrogens with zero attached hydrogens (tertiary/aromatic N) is 2. The Bertz CT molecular complexity index is 505. The number of hydrogen-bond acceptors (Lipinski definition) is 3. The SMILES string of the molecule is NC(=S)c1ccc(N2CCN3CCCC3C2)cc1Br. The van der Waals surface area contributed by atoms with Crippen molar-refractivity contribution in [1.29, 1.82) is 0 Å². The highest BCUT2D eigenvalue weighted by atomic mass is 79.9. The number of rotatable bonds is 2. The van der Waals surface area contributed by atoms with Gasteiger partial charge in [0.25, 0.3) is 0 Å². The quantitative estimate of drug-likeness (QED) is 0.838. The molecule has 0 bridgehead atoms. The van der Waals surface area contributed by atoms with Crippen LogP contribution in [0.3, 0.4) is 0 Å². The smallest absolute Gasteiger partial charge is 0.105 e. The Hall–Kier alpha value is -0.650. The van der Waals surface area contributed by atoms with E-state index in [4.69, 9.17) is 18.0 Å². The largest absolute Gasteiger partial charge is 0.389 e. The fraction of sp³-hybridized carbons (Fsp3) is 0.500. The standard InChI is InChI=1S/C14H18BrN3S/c15-13-8-10(3-4-12(13)14(16)19)18-7-6-17-5-1-2-11(17)9-18/h3-4,8,11H,1-2,5-7,9H2,(H2,16,19). The molecule has 0 saturated carbocycles. The first kappa shape index (κ1) is 13.3. The lowest BCUT2D eigenvalue weighted by Gasteiger charge is -2.39. The molecule has 2 N–H and O–H groups in total. The van der Waals surface area contributed by atoms with E-state index in [1.54, 1.807) is 0 Å². The van der Waals surface area contributed by atoms with Crippen LogP contribution in [-0.4, -0.2) is 42.1 Å². The lowest BCUT2D eigenvalue weighted by atomic mass is 10.1. The number of halogens is 1. The van der Waals surface area contributed by atoms with Gasteiger partial charge in [-0.15, -0.1) is 0 Å². The Morgan fingerprint density at radius 2 is 2.16 bits per heavy atom. The average molecular weight is 340 g/mol. The van der Waals surface area contributed by atoms with Gasteiger partial charge in [-0.2, -0.15) is 0 Å². The molecule has 0 aliphatic carbocycles. The van der Waals surface area contributed by atoms with Gasteiger partial charge in [-0.25, -0.2) is 0 Å². The van der Waals surface area contributed by atoms with Crippen LogP contribution in [-0.2, 0) is 0 Å². The molecule has 2 saturated heterocycles. The van der Waals surface area contributed by atoms with E-state index in [0.717, 1.165) is 29.2 Å². The maximum Gasteiger partial charge on any atom is 0.105 e. The van der Waals surface area contributed by atoms with Crippen molar-refractivity contribution >= 4 is 38.8 Å². The van der Waals surface area contributed by atoms with Gasteiger partial charge in [0.15, 0.2) is 0 Å². The third-order valence-corrected chi connectivity index (χ3v) is 5.05. The summed E-state index contributed by atoms with van der Waals surface area (Å²) < 4.78 is 0.992. The van der Waals surface area contributed by atoms with E-state index in [2.05, 4.69) is 37.9 Å². The highest BCUT2D eigenvalue weighted by Gasteiger charge is 2.30. The van der Waals surface area contributed by atoms with Crippen LogP contribution in [0.4, 0.5) is 5.69 Å². The maximum atomic E-state index is 5.69. The number of thiocarbonyl (C=S) groups is 1. The predicted molar refractivity (Wildman–Crippen MR) is 86.8 cm³/mol. The fourth-order valence-electron chi connectivity index (χ4n) is 3.13. The summed E-state index contributed by atoms with van der Waals surface area (Å²) in [6.45, 7) is 4.70. The number of piperazine rings is 1. The predicted octanol–water partition coefficient (Wildman–Crippen LogP) is 2.37. The van der Waals surface area contributed by atoms with Gasteiger partial charge in [0.05, 0.1) is 0 Å². The summed E-state index contributed by atoms with van der Waals surface area (Å²) in [4.78, 5) is 5.54. The average Bonchev–Trinajstić information content (AvgIpc) is 2.85. The van der Waals surface area contributed by atoms with E-state index in [9.17, 15) is 0 Å². The molecule has 19 heavy (non-hydrogen) atoms. The van der Waals surface area contributed by atoms with Gasteiger partial charge in [-0.05, 0) is 53.5 Å². The monoisotopic (exact) mass is 339 g/mol. The lowest BCUT2D eigenvalue weighted by Crippen LogP contribution is -2.50. The van der Waals surface area contributed by atoms with Crippen molar-refractivity contribution in [3.8, 4) is 0 Å². The lowest BCUT2D eigenvalue weighted by molar-refractivity contribution is 0.231. The summed E-state index contributed by atoms with van der Waals surface area (Å²) in [6.07, 6.45) is 2.69. The summed E-state index contributed by atoms with van der Waals surface area (Å²) in [5, 5.41) is 0. The maximum absolute atomic E-state index is 5.69. The van der Waals surface area contributed by atoms with E-state index < -0.39 is 0 Å². The first-order chi connectivity index (χ1) is 9.15. The molecular weight excluding hydrogens is 322 g/mol. The van der Waals surface area contributed by atoms with E-state index >= 15 is 0 Å². The summed E-state index contributed by atoms with van der Waals surface area (Å²) in [7, 11) is 0. The van der Waals surface area contributed by atoms with Gasteiger partial charge in [-0.1, -0.05) is 12.2 Å². The van der Waals surface area contributed by atoms with Gasteiger partial charge in [0.2, 0.25) is 0 Å². The Morgan fingerprint density at radius 3 is 2.89 bits per heavy atom. The molecule has 1 unspecified atom stereocenters. The van der Waals surface area contributed by atoms with Crippen LogP contribution in [0.1, 0.15) is 18.4 Å². The Labute approximate surface area is 127 Å². The zero-order valence-electron chi connectivity index (χ0n) is 10.8. The topological polar surface area (TPSA) is 32.5 Å². The first-order valence-corrected chi connectivity index (χ1v) is 7.93. The van der Waals surface area contributed by atoms with Crippen molar-refractivity contribution < 1.29 is 0 Å². The molecule has 3 nitrogen and oxygen atoms in total. The highest BCUT2D eigenvalue weighted by Crippen LogP contribution is 2.28. The van der Waals surface area contributed by atoms with Gasteiger partial charge in [0.1, 0.15) is 4.99 Å². The van der Waals surface area contributed by atoms with Crippen LogP contribution in [0.5, 0.6) is 0 Å². The third-order valence-electron chi connectivity index (χ3n) is 4.17. The molecule has 1 aromatic rings. The van der Waals surface area contributed by atoms with Crippen molar-refractivity contribution in [2.24, 2.45) is 5.73 Å². The second-order valence-corrected chi connectivity index (χ2v) is 6.60. The van der Waals surface area contributed by atoms with Crippen LogP contribution < -0.4 is 10.6 Å². The molecule has 0 spiro atoms.